The smallest absolute Gasteiger partial charge is 0.326 e. The molecule has 0 aromatic carbocycles. The minimum absolute atomic E-state index is 0.187. The van der Waals surface area contributed by atoms with Crippen molar-refractivity contribution in [3.63, 3.8) is 0 Å². The Balaban J connectivity index is 2.59. The molecule has 18 heavy (non-hydrogen) atoms. The second-order valence-corrected chi connectivity index (χ2v) is 3.57. The average molecular weight is 250 g/mol. The Morgan fingerprint density at radius 1 is 1.61 bits per heavy atom. The lowest BCUT2D eigenvalue weighted by Gasteiger charge is -2.14. The van der Waals surface area contributed by atoms with Crippen LogP contribution in [0.15, 0.2) is 12.4 Å². The lowest BCUT2D eigenvalue weighted by molar-refractivity contribution is -0.138. The summed E-state index contributed by atoms with van der Waals surface area (Å²) in [6.45, 7) is 0.504. The molecule has 0 aliphatic rings. The topological polar surface area (TPSA) is 108 Å². The zero-order valence-electron chi connectivity index (χ0n) is 9.96. The number of carboxylic acid groups (broad SMARTS) is 1. The first-order chi connectivity index (χ1) is 8.67. The van der Waals surface area contributed by atoms with Gasteiger partial charge in [-0.25, -0.2) is 14.8 Å². The summed E-state index contributed by atoms with van der Waals surface area (Å²) in [5.74, 6) is -0.629. The van der Waals surface area contributed by atoms with Gasteiger partial charge in [0.25, 0.3) is 0 Å². The van der Waals surface area contributed by atoms with E-state index in [1.807, 2.05) is 6.07 Å². The third-order valence-electron chi connectivity index (χ3n) is 2.23. The molecule has 0 saturated heterocycles. The van der Waals surface area contributed by atoms with Gasteiger partial charge in [0, 0.05) is 13.7 Å². The number of carbonyl (C=O) groups is 1. The van der Waals surface area contributed by atoms with Gasteiger partial charge in [-0.15, -0.1) is 0 Å². The zero-order chi connectivity index (χ0) is 13.4. The number of carboxylic acids is 1. The quantitative estimate of drug-likeness (QED) is 0.683. The van der Waals surface area contributed by atoms with Crippen LogP contribution < -0.4 is 5.32 Å². The number of anilines is 1. The fourth-order valence-electron chi connectivity index (χ4n) is 1.33. The second-order valence-electron chi connectivity index (χ2n) is 3.57. The fourth-order valence-corrected chi connectivity index (χ4v) is 1.33. The van der Waals surface area contributed by atoms with Gasteiger partial charge in [0.05, 0.1) is 12.4 Å². The predicted octanol–water partition coefficient (Wildman–Crippen LogP) is 0.640. The van der Waals surface area contributed by atoms with E-state index >= 15 is 0 Å². The highest BCUT2D eigenvalue weighted by Gasteiger charge is 2.17. The van der Waals surface area contributed by atoms with Gasteiger partial charge < -0.3 is 15.2 Å². The molecular weight excluding hydrogens is 236 g/mol. The number of aliphatic carboxylic acids is 1. The zero-order valence-corrected chi connectivity index (χ0v) is 9.96. The molecule has 0 bridgehead atoms. The van der Waals surface area contributed by atoms with Crippen LogP contribution in [0.4, 0.5) is 5.82 Å². The molecule has 0 spiro atoms. The normalized spacial score (nSPS) is 11.6. The maximum atomic E-state index is 11.0. The number of hydrogen-bond acceptors (Lipinski definition) is 6. The largest absolute Gasteiger partial charge is 0.480 e. The Morgan fingerprint density at radius 2 is 2.39 bits per heavy atom. The molecule has 1 atom stereocenters. The van der Waals surface area contributed by atoms with Crippen LogP contribution in [0.3, 0.4) is 0 Å². The van der Waals surface area contributed by atoms with E-state index in [4.69, 9.17) is 15.1 Å². The Bertz CT molecular complexity index is 427. The van der Waals surface area contributed by atoms with Crippen molar-refractivity contribution >= 4 is 11.8 Å². The minimum Gasteiger partial charge on any atom is -0.480 e. The number of aromatic nitrogens is 2. The Kier molecular flexibility index (Phi) is 5.54. The fraction of sp³-hybridized carbons (Fsp3) is 0.455. The molecule has 0 aliphatic carbocycles. The first-order valence-electron chi connectivity index (χ1n) is 5.37. The molecule has 1 aromatic rings. The lowest BCUT2D eigenvalue weighted by atomic mass is 10.1. The van der Waals surface area contributed by atoms with E-state index in [9.17, 15) is 4.79 Å². The summed E-state index contributed by atoms with van der Waals surface area (Å²) >= 11 is 0. The Hall–Kier alpha value is -2.20. The molecule has 0 saturated carbocycles. The number of nitrogens with zero attached hydrogens (tertiary/aromatic N) is 3. The summed E-state index contributed by atoms with van der Waals surface area (Å²) in [7, 11) is 1.56. The highest BCUT2D eigenvalue weighted by molar-refractivity contribution is 5.76. The van der Waals surface area contributed by atoms with E-state index in [1.165, 1.54) is 12.4 Å². The van der Waals surface area contributed by atoms with Crippen LogP contribution in [0, 0.1) is 11.3 Å². The molecule has 96 valence electrons. The molecular formula is C11H14N4O3. The van der Waals surface area contributed by atoms with E-state index in [2.05, 4.69) is 15.3 Å². The maximum Gasteiger partial charge on any atom is 0.326 e. The molecule has 2 N–H and O–H groups in total. The summed E-state index contributed by atoms with van der Waals surface area (Å²) < 4.78 is 4.87. The van der Waals surface area contributed by atoms with E-state index in [1.54, 1.807) is 7.11 Å². The number of rotatable bonds is 7. The first-order valence-corrected chi connectivity index (χ1v) is 5.37. The van der Waals surface area contributed by atoms with Gasteiger partial charge >= 0.3 is 5.97 Å². The number of nitriles is 1. The van der Waals surface area contributed by atoms with Crippen LogP contribution >= 0.6 is 0 Å². The van der Waals surface area contributed by atoms with Crippen molar-refractivity contribution in [1.29, 1.82) is 5.26 Å². The monoisotopic (exact) mass is 250 g/mol. The van der Waals surface area contributed by atoms with Crippen molar-refractivity contribution in [1.82, 2.24) is 9.97 Å². The maximum absolute atomic E-state index is 11.0. The lowest BCUT2D eigenvalue weighted by Crippen LogP contribution is -2.30. The van der Waals surface area contributed by atoms with E-state index in [0.717, 1.165) is 0 Å². The number of hydrogen-bond donors (Lipinski definition) is 2. The first kappa shape index (κ1) is 13.9. The van der Waals surface area contributed by atoms with E-state index in [0.29, 0.717) is 25.3 Å². The van der Waals surface area contributed by atoms with Crippen LogP contribution in [0.5, 0.6) is 0 Å². The summed E-state index contributed by atoms with van der Waals surface area (Å²) in [5.41, 5.74) is 0.187. The molecule has 7 nitrogen and oxygen atoms in total. The predicted molar refractivity (Wildman–Crippen MR) is 62.9 cm³/mol. The van der Waals surface area contributed by atoms with Gasteiger partial charge in [-0.1, -0.05) is 0 Å². The van der Waals surface area contributed by atoms with Crippen molar-refractivity contribution in [2.75, 3.05) is 19.0 Å². The van der Waals surface area contributed by atoms with Crippen molar-refractivity contribution in [2.45, 2.75) is 18.9 Å². The van der Waals surface area contributed by atoms with Gasteiger partial charge in [-0.05, 0) is 12.8 Å². The van der Waals surface area contributed by atoms with E-state index < -0.39 is 12.0 Å². The molecule has 1 rings (SSSR count). The summed E-state index contributed by atoms with van der Waals surface area (Å²) in [6, 6.07) is 1.09. The number of methoxy groups -OCH3 is 1. The number of nitrogens with one attached hydrogen (secondary N) is 1. The van der Waals surface area contributed by atoms with Crippen molar-refractivity contribution in [2.24, 2.45) is 0 Å². The molecule has 1 heterocycles. The van der Waals surface area contributed by atoms with Crippen LogP contribution in [0.1, 0.15) is 18.5 Å². The molecule has 7 heteroatoms. The van der Waals surface area contributed by atoms with Crippen molar-refractivity contribution < 1.29 is 14.6 Å². The third kappa shape index (κ3) is 4.35. The second kappa shape index (κ2) is 7.19. The molecule has 0 radical (unpaired) electrons. The van der Waals surface area contributed by atoms with Gasteiger partial charge in [-0.3, -0.25) is 0 Å². The van der Waals surface area contributed by atoms with Crippen LogP contribution in [-0.2, 0) is 9.53 Å². The molecule has 0 fully saturated rings. The summed E-state index contributed by atoms with van der Waals surface area (Å²) in [6.07, 6.45) is 3.68. The van der Waals surface area contributed by atoms with Crippen molar-refractivity contribution in [3.8, 4) is 6.07 Å². The summed E-state index contributed by atoms with van der Waals surface area (Å²) in [4.78, 5) is 18.7. The van der Waals surface area contributed by atoms with Crippen LogP contribution in [0.2, 0.25) is 0 Å². The molecule has 0 aliphatic heterocycles. The Morgan fingerprint density at radius 3 is 2.89 bits per heavy atom. The van der Waals surface area contributed by atoms with Gasteiger partial charge in [-0.2, -0.15) is 5.26 Å². The minimum atomic E-state index is -0.961. The molecule has 0 amide bonds. The standard InChI is InChI=1S/C11H14N4O3/c1-18-4-2-3-9(11(16)17)15-10-7-13-8(5-12)6-14-10/h6-7,9H,2-4H2,1H3,(H,14,15)(H,16,17). The van der Waals surface area contributed by atoms with Crippen LogP contribution in [0.25, 0.3) is 0 Å². The number of ether oxygens (including phenoxy) is 1. The molecule has 1 unspecified atom stereocenters. The highest BCUT2D eigenvalue weighted by Crippen LogP contribution is 2.07. The van der Waals surface area contributed by atoms with Crippen molar-refractivity contribution in [3.05, 3.63) is 18.1 Å². The van der Waals surface area contributed by atoms with Gasteiger partial charge in [0.15, 0.2) is 5.69 Å². The van der Waals surface area contributed by atoms with E-state index in [-0.39, 0.29) is 5.69 Å². The van der Waals surface area contributed by atoms with Gasteiger partial charge in [0.2, 0.25) is 0 Å². The van der Waals surface area contributed by atoms with Gasteiger partial charge in [0.1, 0.15) is 17.9 Å². The highest BCUT2D eigenvalue weighted by atomic mass is 16.5. The SMILES string of the molecule is COCCCC(Nc1cnc(C#N)cn1)C(=O)O. The summed E-state index contributed by atoms with van der Waals surface area (Å²) in [5, 5.41) is 20.3. The van der Waals surface area contributed by atoms with Crippen LogP contribution in [-0.4, -0.2) is 40.8 Å². The third-order valence-corrected chi connectivity index (χ3v) is 2.23. The Labute approximate surface area is 104 Å². The molecule has 1 aromatic heterocycles. The average Bonchev–Trinajstić information content (AvgIpc) is 2.38.